The van der Waals surface area contributed by atoms with Gasteiger partial charge in [-0.3, -0.25) is 4.79 Å². The minimum absolute atomic E-state index is 0.265. The fraction of sp³-hybridized carbons (Fsp3) is 0.364. The molecule has 0 atom stereocenters. The molecule has 0 saturated carbocycles. The first-order chi connectivity index (χ1) is 9.24. The molecular weight excluding hydrogens is 246 g/mol. The number of nitrogens with zero attached hydrogens (tertiary/aromatic N) is 5. The highest BCUT2D eigenvalue weighted by Crippen LogP contribution is 2.00. The van der Waals surface area contributed by atoms with Gasteiger partial charge in [-0.05, 0) is 6.92 Å². The number of nitrogens with one attached hydrogen (secondary N) is 2. The Morgan fingerprint density at radius 1 is 1.37 bits per heavy atom. The molecule has 0 radical (unpaired) electrons. The molecule has 8 heteroatoms. The Labute approximate surface area is 110 Å². The summed E-state index contributed by atoms with van der Waals surface area (Å²) in [4.78, 5) is 19.9. The zero-order valence-corrected chi connectivity index (χ0v) is 10.8. The molecule has 2 aromatic rings. The monoisotopic (exact) mass is 261 g/mol. The van der Waals surface area contributed by atoms with E-state index in [4.69, 9.17) is 0 Å². The van der Waals surface area contributed by atoms with E-state index in [0.717, 1.165) is 6.54 Å². The van der Waals surface area contributed by atoms with E-state index >= 15 is 0 Å². The average Bonchev–Trinajstić information content (AvgIpc) is 2.92. The topological polar surface area (TPSA) is 97.6 Å². The van der Waals surface area contributed by atoms with Crippen LogP contribution in [0.1, 0.15) is 23.2 Å². The second-order valence-electron chi connectivity index (χ2n) is 3.75. The standard InChI is InChI=1S/C11H15N7O/c1-3-18-7-16-17-10(18)6-15-11(19)8-4-14-9(12-2)5-13-8/h4-5,7H,3,6H2,1-2H3,(H,12,14)(H,15,19). The molecule has 2 aromatic heterocycles. The molecule has 0 aliphatic carbocycles. The number of carbonyl (C=O) groups is 1. The lowest BCUT2D eigenvalue weighted by Gasteiger charge is -2.05. The maximum absolute atomic E-state index is 11.8. The van der Waals surface area contributed by atoms with Crippen molar-refractivity contribution in [2.45, 2.75) is 20.0 Å². The van der Waals surface area contributed by atoms with Crippen molar-refractivity contribution in [3.63, 3.8) is 0 Å². The van der Waals surface area contributed by atoms with E-state index in [1.165, 1.54) is 12.4 Å². The summed E-state index contributed by atoms with van der Waals surface area (Å²) in [6, 6.07) is 0. The number of rotatable bonds is 5. The van der Waals surface area contributed by atoms with Gasteiger partial charge in [0.1, 0.15) is 17.8 Å². The van der Waals surface area contributed by atoms with E-state index in [1.807, 2.05) is 11.5 Å². The van der Waals surface area contributed by atoms with Crippen LogP contribution in [-0.2, 0) is 13.1 Å². The molecule has 0 spiro atoms. The Kier molecular flexibility index (Phi) is 4.01. The third-order valence-electron chi connectivity index (χ3n) is 2.58. The van der Waals surface area contributed by atoms with Crippen molar-refractivity contribution in [1.29, 1.82) is 0 Å². The van der Waals surface area contributed by atoms with Gasteiger partial charge < -0.3 is 15.2 Å². The molecule has 0 fully saturated rings. The maximum atomic E-state index is 11.8. The summed E-state index contributed by atoms with van der Waals surface area (Å²) in [5.74, 6) is 1.03. The largest absolute Gasteiger partial charge is 0.372 e. The van der Waals surface area contributed by atoms with E-state index < -0.39 is 0 Å². The lowest BCUT2D eigenvalue weighted by molar-refractivity contribution is 0.0944. The quantitative estimate of drug-likeness (QED) is 0.789. The van der Waals surface area contributed by atoms with Crippen LogP contribution in [0.5, 0.6) is 0 Å². The second-order valence-corrected chi connectivity index (χ2v) is 3.75. The minimum atomic E-state index is -0.291. The van der Waals surface area contributed by atoms with Crippen molar-refractivity contribution in [3.05, 3.63) is 30.2 Å². The van der Waals surface area contributed by atoms with E-state index in [-0.39, 0.29) is 11.6 Å². The average molecular weight is 261 g/mol. The molecule has 0 bridgehead atoms. The first-order valence-electron chi connectivity index (χ1n) is 5.89. The summed E-state index contributed by atoms with van der Waals surface area (Å²) in [6.45, 7) is 3.05. The van der Waals surface area contributed by atoms with Crippen molar-refractivity contribution in [2.75, 3.05) is 12.4 Å². The van der Waals surface area contributed by atoms with E-state index in [2.05, 4.69) is 30.8 Å². The van der Waals surface area contributed by atoms with Crippen LogP contribution in [0.4, 0.5) is 5.82 Å². The van der Waals surface area contributed by atoms with Crippen LogP contribution in [0.15, 0.2) is 18.7 Å². The van der Waals surface area contributed by atoms with Gasteiger partial charge in [-0.1, -0.05) is 0 Å². The van der Waals surface area contributed by atoms with Gasteiger partial charge in [0.2, 0.25) is 0 Å². The van der Waals surface area contributed by atoms with E-state index in [0.29, 0.717) is 18.2 Å². The number of anilines is 1. The predicted octanol–water partition coefficient (Wildman–Crippen LogP) is 0.0597. The summed E-state index contributed by atoms with van der Waals surface area (Å²) >= 11 is 0. The Hall–Kier alpha value is -2.51. The summed E-state index contributed by atoms with van der Waals surface area (Å²) in [5, 5.41) is 13.3. The highest BCUT2D eigenvalue weighted by atomic mass is 16.1. The molecule has 1 amide bonds. The molecule has 2 heterocycles. The van der Waals surface area contributed by atoms with Crippen molar-refractivity contribution < 1.29 is 4.79 Å². The van der Waals surface area contributed by atoms with Gasteiger partial charge >= 0.3 is 0 Å². The van der Waals surface area contributed by atoms with Crippen molar-refractivity contribution >= 4 is 11.7 Å². The number of aromatic nitrogens is 5. The van der Waals surface area contributed by atoms with Crippen LogP contribution in [0.3, 0.4) is 0 Å². The molecule has 0 aromatic carbocycles. The zero-order chi connectivity index (χ0) is 13.7. The smallest absolute Gasteiger partial charge is 0.271 e. The van der Waals surface area contributed by atoms with Gasteiger partial charge in [0.25, 0.3) is 5.91 Å². The Morgan fingerprint density at radius 3 is 2.84 bits per heavy atom. The number of hydrogen-bond donors (Lipinski definition) is 2. The zero-order valence-electron chi connectivity index (χ0n) is 10.8. The fourth-order valence-corrected chi connectivity index (χ4v) is 1.50. The van der Waals surface area contributed by atoms with Crippen molar-refractivity contribution in [1.82, 2.24) is 30.0 Å². The van der Waals surface area contributed by atoms with Gasteiger partial charge in [0, 0.05) is 13.6 Å². The summed E-state index contributed by atoms with van der Waals surface area (Å²) in [6.07, 6.45) is 4.55. The van der Waals surface area contributed by atoms with E-state index in [1.54, 1.807) is 13.4 Å². The predicted molar refractivity (Wildman–Crippen MR) is 68.4 cm³/mol. The van der Waals surface area contributed by atoms with Crippen LogP contribution in [0, 0.1) is 0 Å². The fourth-order valence-electron chi connectivity index (χ4n) is 1.50. The SMILES string of the molecule is CCn1cnnc1CNC(=O)c1cnc(NC)cn1. The Balaban J connectivity index is 1.97. The summed E-state index contributed by atoms with van der Waals surface area (Å²) in [7, 11) is 1.74. The Morgan fingerprint density at radius 2 is 2.21 bits per heavy atom. The molecule has 2 N–H and O–H groups in total. The number of amides is 1. The lowest BCUT2D eigenvalue weighted by Crippen LogP contribution is -2.25. The highest BCUT2D eigenvalue weighted by Gasteiger charge is 2.09. The molecule has 0 saturated heterocycles. The van der Waals surface area contributed by atoms with Gasteiger partial charge in [0.15, 0.2) is 5.82 Å². The van der Waals surface area contributed by atoms with Gasteiger partial charge in [-0.2, -0.15) is 0 Å². The molecule has 2 rings (SSSR count). The second kappa shape index (κ2) is 5.89. The third kappa shape index (κ3) is 3.03. The third-order valence-corrected chi connectivity index (χ3v) is 2.58. The van der Waals surface area contributed by atoms with Gasteiger partial charge in [-0.25, -0.2) is 9.97 Å². The number of hydrogen-bond acceptors (Lipinski definition) is 6. The van der Waals surface area contributed by atoms with E-state index in [9.17, 15) is 4.79 Å². The highest BCUT2D eigenvalue weighted by molar-refractivity contribution is 5.91. The summed E-state index contributed by atoms with van der Waals surface area (Å²) < 4.78 is 1.86. The van der Waals surface area contributed by atoms with Crippen LogP contribution in [-0.4, -0.2) is 37.7 Å². The van der Waals surface area contributed by atoms with Gasteiger partial charge in [0.05, 0.1) is 18.9 Å². The van der Waals surface area contributed by atoms with Crippen LogP contribution in [0.25, 0.3) is 0 Å². The molecular formula is C11H15N7O. The normalized spacial score (nSPS) is 10.2. The van der Waals surface area contributed by atoms with Crippen molar-refractivity contribution in [3.8, 4) is 0 Å². The molecule has 19 heavy (non-hydrogen) atoms. The number of carbonyl (C=O) groups excluding carboxylic acids is 1. The minimum Gasteiger partial charge on any atom is -0.372 e. The molecule has 0 aliphatic heterocycles. The van der Waals surface area contributed by atoms with Crippen LogP contribution in [0.2, 0.25) is 0 Å². The molecule has 0 unspecified atom stereocenters. The number of aryl methyl sites for hydroxylation is 1. The van der Waals surface area contributed by atoms with Crippen LogP contribution < -0.4 is 10.6 Å². The molecule has 8 nitrogen and oxygen atoms in total. The Bertz CT molecular complexity index is 548. The maximum Gasteiger partial charge on any atom is 0.271 e. The van der Waals surface area contributed by atoms with Crippen LogP contribution >= 0.6 is 0 Å². The lowest BCUT2D eigenvalue weighted by atomic mass is 10.4. The first kappa shape index (κ1) is 12.9. The van der Waals surface area contributed by atoms with Crippen molar-refractivity contribution in [2.24, 2.45) is 0 Å². The summed E-state index contributed by atoms with van der Waals surface area (Å²) in [5.41, 5.74) is 0.265. The molecule has 0 aliphatic rings. The van der Waals surface area contributed by atoms with Gasteiger partial charge in [-0.15, -0.1) is 10.2 Å². The first-order valence-corrected chi connectivity index (χ1v) is 5.89. The molecule has 100 valence electrons.